The van der Waals surface area contributed by atoms with E-state index < -0.39 is 7.12 Å². The Hall–Kier alpha value is -2.30. The van der Waals surface area contributed by atoms with Gasteiger partial charge in [0.15, 0.2) is 0 Å². The number of hydrogen-bond donors (Lipinski definition) is 2. The molecule has 5 rings (SSSR count). The fourth-order valence-electron chi connectivity index (χ4n) is 6.52. The zero-order chi connectivity index (χ0) is 20.9. The summed E-state index contributed by atoms with van der Waals surface area (Å²) in [5, 5.41) is 30.2. The van der Waals surface area contributed by atoms with Crippen LogP contribution in [0, 0.1) is 22.7 Å². The molecule has 3 aliphatic rings. The van der Waals surface area contributed by atoms with Crippen LogP contribution in [0.25, 0.3) is 10.9 Å². The maximum Gasteiger partial charge on any atom is 0.451 e. The molecule has 0 spiro atoms. The monoisotopic (exact) mass is 405 g/mol. The van der Waals surface area contributed by atoms with Crippen LogP contribution in [-0.2, 0) is 0 Å². The van der Waals surface area contributed by atoms with Crippen LogP contribution in [0.3, 0.4) is 0 Å². The number of ether oxygens (including phenoxy) is 1. The molecule has 3 heterocycles. The number of benzene rings is 1. The van der Waals surface area contributed by atoms with Gasteiger partial charge in [0.2, 0.25) is 0 Å². The number of pyridine rings is 1. The van der Waals surface area contributed by atoms with Crippen molar-refractivity contribution in [3.05, 3.63) is 30.0 Å². The summed E-state index contributed by atoms with van der Waals surface area (Å²) in [6, 6.07) is 9.05. The van der Waals surface area contributed by atoms with Crippen LogP contribution >= 0.6 is 0 Å². The molecule has 2 bridgehead atoms. The van der Waals surface area contributed by atoms with Crippen LogP contribution in [0.15, 0.2) is 24.4 Å². The predicted octanol–water partition coefficient (Wildman–Crippen LogP) is 3.51. The normalized spacial score (nSPS) is 26.9. The summed E-state index contributed by atoms with van der Waals surface area (Å²) in [4.78, 5) is 7.01. The van der Waals surface area contributed by atoms with E-state index in [2.05, 4.69) is 16.0 Å². The van der Waals surface area contributed by atoms with E-state index in [1.807, 2.05) is 18.2 Å². The number of anilines is 1. The predicted molar refractivity (Wildman–Crippen MR) is 116 cm³/mol. The molecule has 30 heavy (non-hydrogen) atoms. The molecule has 1 aliphatic carbocycles. The van der Waals surface area contributed by atoms with Crippen LogP contribution in [0.5, 0.6) is 5.75 Å². The van der Waals surface area contributed by atoms with Crippen LogP contribution in [0.2, 0.25) is 6.32 Å². The van der Waals surface area contributed by atoms with Crippen molar-refractivity contribution >= 4 is 23.7 Å². The van der Waals surface area contributed by atoms with E-state index >= 15 is 0 Å². The first kappa shape index (κ1) is 19.7. The minimum Gasteiger partial charge on any atom is -0.494 e. The number of methoxy groups -OCH3 is 1. The quantitative estimate of drug-likeness (QED) is 0.741. The standard InChI is InChI=1S/C23H28BN3O3/c1-30-20-5-2-4-19-21(20)26-13-15(12-25)22(19)27-17-6-7-18(27)11-16(10-17)23(8-3-9-23)14-24(28)29/h2,4-5,13,16-18,28-29H,3,6-11,14H2,1H3. The summed E-state index contributed by atoms with van der Waals surface area (Å²) >= 11 is 0. The molecule has 0 amide bonds. The lowest BCUT2D eigenvalue weighted by atomic mass is 9.50. The lowest BCUT2D eigenvalue weighted by molar-refractivity contribution is 0.0379. The van der Waals surface area contributed by atoms with Crippen molar-refractivity contribution in [1.82, 2.24) is 4.98 Å². The molecule has 7 heteroatoms. The summed E-state index contributed by atoms with van der Waals surface area (Å²) in [6.07, 6.45) is 9.94. The van der Waals surface area contributed by atoms with Crippen LogP contribution in [0.1, 0.15) is 50.5 Å². The van der Waals surface area contributed by atoms with Gasteiger partial charge in [0.1, 0.15) is 17.3 Å². The molecule has 2 saturated heterocycles. The van der Waals surface area contributed by atoms with Gasteiger partial charge in [-0.3, -0.25) is 4.98 Å². The average Bonchev–Trinajstić information content (AvgIpc) is 2.97. The van der Waals surface area contributed by atoms with E-state index in [1.54, 1.807) is 13.3 Å². The molecule has 2 atom stereocenters. The van der Waals surface area contributed by atoms with Gasteiger partial charge >= 0.3 is 7.12 Å². The van der Waals surface area contributed by atoms with Crippen LogP contribution in [-0.4, -0.2) is 41.3 Å². The Labute approximate surface area is 177 Å². The average molecular weight is 405 g/mol. The Morgan fingerprint density at radius 2 is 2.00 bits per heavy atom. The fourth-order valence-corrected chi connectivity index (χ4v) is 6.52. The Morgan fingerprint density at radius 1 is 1.27 bits per heavy atom. The molecule has 6 nitrogen and oxygen atoms in total. The van der Waals surface area contributed by atoms with Gasteiger partial charge < -0.3 is 19.7 Å². The van der Waals surface area contributed by atoms with Gasteiger partial charge in [-0.2, -0.15) is 5.26 Å². The minimum atomic E-state index is -1.22. The SMILES string of the molecule is COc1cccc2c(N3C4CCC3CC(C3(CB(O)O)CCC3)C4)c(C#N)cnc12. The zero-order valence-electron chi connectivity index (χ0n) is 17.4. The molecule has 2 aromatic rings. The van der Waals surface area contributed by atoms with Crippen LogP contribution in [0.4, 0.5) is 5.69 Å². The third-order valence-corrected chi connectivity index (χ3v) is 7.97. The molecule has 1 aromatic carbocycles. The van der Waals surface area contributed by atoms with E-state index in [9.17, 15) is 15.3 Å². The highest BCUT2D eigenvalue weighted by Gasteiger charge is 2.52. The van der Waals surface area contributed by atoms with E-state index in [-0.39, 0.29) is 5.41 Å². The van der Waals surface area contributed by atoms with Crippen molar-refractivity contribution in [3.63, 3.8) is 0 Å². The second-order valence-electron chi connectivity index (χ2n) is 9.35. The molecular formula is C23H28BN3O3. The van der Waals surface area contributed by atoms with E-state index in [0.717, 1.165) is 60.9 Å². The largest absolute Gasteiger partial charge is 0.494 e. The summed E-state index contributed by atoms with van der Waals surface area (Å²) < 4.78 is 5.52. The Morgan fingerprint density at radius 3 is 2.57 bits per heavy atom. The van der Waals surface area contributed by atoms with Crippen molar-refractivity contribution in [2.24, 2.45) is 11.3 Å². The first-order valence-electron chi connectivity index (χ1n) is 11.1. The third kappa shape index (κ3) is 2.97. The number of para-hydroxylation sites is 1. The Bertz CT molecular complexity index is 987. The van der Waals surface area contributed by atoms with Crippen molar-refractivity contribution in [3.8, 4) is 11.8 Å². The summed E-state index contributed by atoms with van der Waals surface area (Å²) in [7, 11) is 0.430. The van der Waals surface area contributed by atoms with Crippen LogP contribution < -0.4 is 9.64 Å². The van der Waals surface area contributed by atoms with E-state index in [0.29, 0.717) is 29.9 Å². The summed E-state index contributed by atoms with van der Waals surface area (Å²) in [5.41, 5.74) is 2.50. The number of hydrogen-bond acceptors (Lipinski definition) is 6. The highest BCUT2D eigenvalue weighted by molar-refractivity contribution is 6.41. The van der Waals surface area contributed by atoms with E-state index in [1.165, 1.54) is 6.42 Å². The molecule has 156 valence electrons. The Kier molecular flexibility index (Phi) is 4.87. The molecule has 1 aromatic heterocycles. The van der Waals surface area contributed by atoms with E-state index in [4.69, 9.17) is 4.74 Å². The molecule has 0 radical (unpaired) electrons. The van der Waals surface area contributed by atoms with Crippen molar-refractivity contribution < 1.29 is 14.8 Å². The molecule has 2 aliphatic heterocycles. The summed E-state index contributed by atoms with van der Waals surface area (Å²) in [5.74, 6) is 1.25. The van der Waals surface area contributed by atoms with Gasteiger partial charge in [0, 0.05) is 23.7 Å². The highest BCUT2D eigenvalue weighted by Crippen LogP contribution is 2.58. The van der Waals surface area contributed by atoms with Gasteiger partial charge in [-0.25, -0.2) is 0 Å². The molecular weight excluding hydrogens is 377 g/mol. The van der Waals surface area contributed by atoms with Gasteiger partial charge in [-0.1, -0.05) is 18.6 Å². The first-order valence-corrected chi connectivity index (χ1v) is 11.1. The second-order valence-corrected chi connectivity index (χ2v) is 9.35. The maximum absolute atomic E-state index is 9.85. The topological polar surface area (TPSA) is 89.6 Å². The summed E-state index contributed by atoms with van der Waals surface area (Å²) in [6.45, 7) is 0. The second kappa shape index (κ2) is 7.44. The fraction of sp³-hybridized carbons (Fsp3) is 0.565. The van der Waals surface area contributed by atoms with Gasteiger partial charge in [0.05, 0.1) is 18.4 Å². The molecule has 3 fully saturated rings. The first-order chi connectivity index (χ1) is 14.6. The number of aromatic nitrogens is 1. The molecule has 2 unspecified atom stereocenters. The number of nitriles is 1. The van der Waals surface area contributed by atoms with Gasteiger partial charge in [-0.05, 0) is 62.2 Å². The zero-order valence-corrected chi connectivity index (χ0v) is 17.4. The maximum atomic E-state index is 9.85. The highest BCUT2D eigenvalue weighted by atomic mass is 16.5. The third-order valence-electron chi connectivity index (χ3n) is 7.97. The number of fused-ring (bicyclic) bond motifs is 3. The number of nitrogens with zero attached hydrogens (tertiary/aromatic N) is 3. The minimum absolute atomic E-state index is 0.0860. The number of piperidine rings is 1. The van der Waals surface area contributed by atoms with Crippen molar-refractivity contribution in [2.45, 2.75) is 63.3 Å². The lowest BCUT2D eigenvalue weighted by Gasteiger charge is -2.53. The van der Waals surface area contributed by atoms with Gasteiger partial charge in [0.25, 0.3) is 0 Å². The molecule has 2 N–H and O–H groups in total. The van der Waals surface area contributed by atoms with Crippen molar-refractivity contribution in [2.75, 3.05) is 12.0 Å². The number of rotatable bonds is 5. The lowest BCUT2D eigenvalue weighted by Crippen LogP contribution is -2.51. The van der Waals surface area contributed by atoms with Crippen molar-refractivity contribution in [1.29, 1.82) is 5.26 Å². The Balaban J connectivity index is 1.53. The molecule has 1 saturated carbocycles. The smallest absolute Gasteiger partial charge is 0.451 e. The van der Waals surface area contributed by atoms with Gasteiger partial charge in [-0.15, -0.1) is 0 Å².